The fourth-order valence-corrected chi connectivity index (χ4v) is 2.80. The van der Waals surface area contributed by atoms with Gasteiger partial charge in [0.25, 0.3) is 0 Å². The fourth-order valence-electron chi connectivity index (χ4n) is 2.80. The molecule has 1 atom stereocenters. The SMILES string of the molecule is CCCCOc1cc(CC(CN)c2cccc(OC)c2)ccc1OC. The average molecular weight is 343 g/mol. The van der Waals surface area contributed by atoms with Crippen LogP contribution in [0.1, 0.15) is 36.8 Å². The van der Waals surface area contributed by atoms with Gasteiger partial charge in [-0.1, -0.05) is 31.5 Å². The van der Waals surface area contributed by atoms with Gasteiger partial charge in [0.2, 0.25) is 0 Å². The Morgan fingerprint density at radius 2 is 1.84 bits per heavy atom. The number of unbranched alkanes of at least 4 members (excludes halogenated alkanes) is 1. The number of methoxy groups -OCH3 is 2. The van der Waals surface area contributed by atoms with Gasteiger partial charge in [0.05, 0.1) is 20.8 Å². The first kappa shape index (κ1) is 19.1. The molecule has 4 nitrogen and oxygen atoms in total. The maximum Gasteiger partial charge on any atom is 0.161 e. The van der Waals surface area contributed by atoms with E-state index in [9.17, 15) is 0 Å². The Labute approximate surface area is 150 Å². The van der Waals surface area contributed by atoms with E-state index in [4.69, 9.17) is 19.9 Å². The molecule has 0 saturated carbocycles. The monoisotopic (exact) mass is 343 g/mol. The molecule has 0 saturated heterocycles. The van der Waals surface area contributed by atoms with Crippen molar-refractivity contribution in [2.45, 2.75) is 32.1 Å². The third-order valence-corrected chi connectivity index (χ3v) is 4.32. The average Bonchev–Trinajstić information content (AvgIpc) is 2.66. The normalized spacial score (nSPS) is 11.8. The highest BCUT2D eigenvalue weighted by Gasteiger charge is 2.14. The smallest absolute Gasteiger partial charge is 0.161 e. The molecular weight excluding hydrogens is 314 g/mol. The van der Waals surface area contributed by atoms with Crippen molar-refractivity contribution in [3.05, 3.63) is 53.6 Å². The first-order valence-corrected chi connectivity index (χ1v) is 8.85. The number of nitrogens with two attached hydrogens (primary N) is 1. The van der Waals surface area contributed by atoms with Gasteiger partial charge >= 0.3 is 0 Å². The highest BCUT2D eigenvalue weighted by molar-refractivity contribution is 5.43. The summed E-state index contributed by atoms with van der Waals surface area (Å²) >= 11 is 0. The minimum atomic E-state index is 0.229. The van der Waals surface area contributed by atoms with Crippen LogP contribution < -0.4 is 19.9 Å². The van der Waals surface area contributed by atoms with Crippen molar-refractivity contribution in [3.8, 4) is 17.2 Å². The zero-order valence-corrected chi connectivity index (χ0v) is 15.5. The van der Waals surface area contributed by atoms with Crippen LogP contribution in [0.5, 0.6) is 17.2 Å². The minimum Gasteiger partial charge on any atom is -0.497 e. The Hall–Kier alpha value is -2.20. The van der Waals surface area contributed by atoms with Gasteiger partial charge in [-0.05, 0) is 54.8 Å². The number of benzene rings is 2. The number of rotatable bonds is 10. The van der Waals surface area contributed by atoms with E-state index in [1.165, 1.54) is 11.1 Å². The van der Waals surface area contributed by atoms with E-state index < -0.39 is 0 Å². The van der Waals surface area contributed by atoms with E-state index in [1.54, 1.807) is 14.2 Å². The molecule has 0 fully saturated rings. The highest BCUT2D eigenvalue weighted by atomic mass is 16.5. The Bertz CT molecular complexity index is 657. The molecule has 1 unspecified atom stereocenters. The van der Waals surface area contributed by atoms with Gasteiger partial charge in [0.15, 0.2) is 11.5 Å². The largest absolute Gasteiger partial charge is 0.497 e. The molecule has 0 aliphatic carbocycles. The molecule has 0 spiro atoms. The van der Waals surface area contributed by atoms with Crippen molar-refractivity contribution in [2.24, 2.45) is 5.73 Å². The van der Waals surface area contributed by atoms with Gasteiger partial charge < -0.3 is 19.9 Å². The number of hydrogen-bond acceptors (Lipinski definition) is 4. The maximum absolute atomic E-state index is 6.04. The lowest BCUT2D eigenvalue weighted by atomic mass is 9.92. The van der Waals surface area contributed by atoms with Crippen LogP contribution >= 0.6 is 0 Å². The second-order valence-corrected chi connectivity index (χ2v) is 6.10. The lowest BCUT2D eigenvalue weighted by Gasteiger charge is -2.18. The minimum absolute atomic E-state index is 0.229. The van der Waals surface area contributed by atoms with Gasteiger partial charge in [-0.15, -0.1) is 0 Å². The van der Waals surface area contributed by atoms with Crippen molar-refractivity contribution in [3.63, 3.8) is 0 Å². The molecule has 136 valence electrons. The van der Waals surface area contributed by atoms with Crippen LogP contribution in [-0.2, 0) is 6.42 Å². The summed E-state index contributed by atoms with van der Waals surface area (Å²) < 4.78 is 16.6. The highest BCUT2D eigenvalue weighted by Crippen LogP contribution is 2.31. The molecule has 4 heteroatoms. The van der Waals surface area contributed by atoms with Gasteiger partial charge in [0.1, 0.15) is 5.75 Å². The van der Waals surface area contributed by atoms with Crippen molar-refractivity contribution in [2.75, 3.05) is 27.4 Å². The molecule has 0 radical (unpaired) electrons. The molecule has 25 heavy (non-hydrogen) atoms. The van der Waals surface area contributed by atoms with Crippen LogP contribution in [0.2, 0.25) is 0 Å². The maximum atomic E-state index is 6.04. The van der Waals surface area contributed by atoms with E-state index in [1.807, 2.05) is 18.2 Å². The second-order valence-electron chi connectivity index (χ2n) is 6.10. The summed E-state index contributed by atoms with van der Waals surface area (Å²) in [4.78, 5) is 0. The Morgan fingerprint density at radius 3 is 2.52 bits per heavy atom. The van der Waals surface area contributed by atoms with E-state index in [0.717, 1.165) is 36.5 Å². The zero-order chi connectivity index (χ0) is 18.1. The van der Waals surface area contributed by atoms with Gasteiger partial charge in [-0.25, -0.2) is 0 Å². The van der Waals surface area contributed by atoms with Gasteiger partial charge in [-0.3, -0.25) is 0 Å². The Balaban J connectivity index is 2.17. The van der Waals surface area contributed by atoms with Crippen LogP contribution in [0.4, 0.5) is 0 Å². The lowest BCUT2D eigenvalue weighted by Crippen LogP contribution is -2.15. The zero-order valence-electron chi connectivity index (χ0n) is 15.5. The molecule has 0 amide bonds. The summed E-state index contributed by atoms with van der Waals surface area (Å²) in [6.45, 7) is 3.43. The van der Waals surface area contributed by atoms with Gasteiger partial charge in [0, 0.05) is 5.92 Å². The van der Waals surface area contributed by atoms with Crippen molar-refractivity contribution >= 4 is 0 Å². The molecule has 0 aromatic heterocycles. The molecule has 2 aromatic carbocycles. The summed E-state index contributed by atoms with van der Waals surface area (Å²) in [5.74, 6) is 2.65. The van der Waals surface area contributed by atoms with Crippen molar-refractivity contribution in [1.29, 1.82) is 0 Å². The topological polar surface area (TPSA) is 53.7 Å². The number of ether oxygens (including phenoxy) is 3. The first-order chi connectivity index (χ1) is 12.2. The lowest BCUT2D eigenvalue weighted by molar-refractivity contribution is 0.288. The third-order valence-electron chi connectivity index (χ3n) is 4.32. The van der Waals surface area contributed by atoms with Crippen LogP contribution in [0, 0.1) is 0 Å². The van der Waals surface area contributed by atoms with Crippen molar-refractivity contribution in [1.82, 2.24) is 0 Å². The van der Waals surface area contributed by atoms with Crippen molar-refractivity contribution < 1.29 is 14.2 Å². The summed E-state index contributed by atoms with van der Waals surface area (Å²) in [5, 5.41) is 0. The molecule has 2 aromatic rings. The Kier molecular flexibility index (Phi) is 7.61. The van der Waals surface area contributed by atoms with E-state index in [2.05, 4.69) is 31.2 Å². The summed E-state index contributed by atoms with van der Waals surface area (Å²) in [5.41, 5.74) is 8.41. The molecule has 0 heterocycles. The molecule has 2 rings (SSSR count). The Morgan fingerprint density at radius 1 is 1.00 bits per heavy atom. The standard InChI is InChI=1S/C21H29NO3/c1-4-5-11-25-21-13-16(9-10-20(21)24-3)12-18(15-22)17-7-6-8-19(14-17)23-2/h6-10,13-14,18H,4-5,11-12,15,22H2,1-3H3. The van der Waals surface area contributed by atoms with Gasteiger partial charge in [-0.2, -0.15) is 0 Å². The molecule has 0 bridgehead atoms. The summed E-state index contributed by atoms with van der Waals surface area (Å²) in [7, 11) is 3.35. The van der Waals surface area contributed by atoms with E-state index in [0.29, 0.717) is 13.2 Å². The quantitative estimate of drug-likeness (QED) is 0.658. The summed E-state index contributed by atoms with van der Waals surface area (Å²) in [6, 6.07) is 14.2. The second kappa shape index (κ2) is 9.94. The van der Waals surface area contributed by atoms with E-state index >= 15 is 0 Å². The molecule has 0 aliphatic heterocycles. The van der Waals surface area contributed by atoms with Crippen LogP contribution in [-0.4, -0.2) is 27.4 Å². The third kappa shape index (κ3) is 5.40. The first-order valence-electron chi connectivity index (χ1n) is 8.85. The van der Waals surface area contributed by atoms with Crippen LogP contribution in [0.15, 0.2) is 42.5 Å². The predicted octanol–water partition coefficient (Wildman–Crippen LogP) is 4.17. The molecular formula is C21H29NO3. The number of hydrogen-bond donors (Lipinski definition) is 1. The van der Waals surface area contributed by atoms with Crippen LogP contribution in [0.3, 0.4) is 0 Å². The summed E-state index contributed by atoms with van der Waals surface area (Å²) in [6.07, 6.45) is 2.98. The molecule has 0 aliphatic rings. The van der Waals surface area contributed by atoms with Crippen LogP contribution in [0.25, 0.3) is 0 Å². The predicted molar refractivity (Wildman–Crippen MR) is 102 cm³/mol. The fraction of sp³-hybridized carbons (Fsp3) is 0.429. The van der Waals surface area contributed by atoms with E-state index in [-0.39, 0.29) is 5.92 Å². The molecule has 2 N–H and O–H groups in total.